The van der Waals surface area contributed by atoms with Crippen LogP contribution in [-0.2, 0) is 32.3 Å². The van der Waals surface area contributed by atoms with E-state index in [0.717, 1.165) is 0 Å². The summed E-state index contributed by atoms with van der Waals surface area (Å²) in [6.45, 7) is 1.25. The third-order valence-corrected chi connectivity index (χ3v) is 7.91. The molecule has 0 radical (unpaired) electrons. The Kier molecular flexibility index (Phi) is 5.58. The van der Waals surface area contributed by atoms with E-state index in [9.17, 15) is 18.5 Å². The van der Waals surface area contributed by atoms with E-state index in [-0.39, 0.29) is 30.3 Å². The van der Waals surface area contributed by atoms with Crippen LogP contribution in [-0.4, -0.2) is 56.7 Å². The normalized spacial score (nSPS) is 33.3. The summed E-state index contributed by atoms with van der Waals surface area (Å²) in [4.78, 5) is 34.9. The molecule has 6 rings (SSSR count). The lowest BCUT2D eigenvalue weighted by molar-refractivity contribution is -0.0925. The summed E-state index contributed by atoms with van der Waals surface area (Å²) in [7, 11) is -4.09. The van der Waals surface area contributed by atoms with E-state index < -0.39 is 55.5 Å². The van der Waals surface area contributed by atoms with Gasteiger partial charge in [0.1, 0.15) is 11.9 Å². The second-order valence-electron chi connectivity index (χ2n) is 8.89. The molecule has 0 amide bonds. The Morgan fingerprint density at radius 3 is 3.03 bits per heavy atom. The topological polar surface area (TPSA) is 179 Å². The number of ether oxygens (including phenoxy) is 3. The van der Waals surface area contributed by atoms with Crippen molar-refractivity contribution in [1.29, 1.82) is 0 Å². The summed E-state index contributed by atoms with van der Waals surface area (Å²) in [5.74, 6) is -0.600. The predicted octanol–water partition coefficient (Wildman–Crippen LogP) is 2.34. The summed E-state index contributed by atoms with van der Waals surface area (Å²) < 4.78 is 61.6. The number of halogens is 1. The van der Waals surface area contributed by atoms with Gasteiger partial charge in [-0.15, -0.1) is 0 Å². The van der Waals surface area contributed by atoms with Gasteiger partial charge in [-0.2, -0.15) is 4.98 Å². The van der Waals surface area contributed by atoms with Gasteiger partial charge in [0.05, 0.1) is 25.6 Å². The average Bonchev–Trinajstić information content (AvgIpc) is 3.47. The number of H-pyrrole nitrogens is 1. The first-order valence-electron chi connectivity index (χ1n) is 11.3. The Morgan fingerprint density at radius 2 is 2.22 bits per heavy atom. The zero-order valence-electron chi connectivity index (χ0n) is 19.2. The molecule has 3 saturated heterocycles. The molecule has 14 nitrogen and oxygen atoms in total. The van der Waals surface area contributed by atoms with Crippen LogP contribution in [0.25, 0.3) is 11.2 Å². The fraction of sp³-hybridized carbons (Fsp3) is 0.429. The van der Waals surface area contributed by atoms with E-state index in [2.05, 4.69) is 15.0 Å². The minimum Gasteiger partial charge on any atom is -0.424 e. The molecule has 3 aromatic rings. The summed E-state index contributed by atoms with van der Waals surface area (Å²) in [6, 6.07) is 5.74. The Morgan fingerprint density at radius 1 is 1.38 bits per heavy atom. The molecular formula is C21H21FN5O9P. The molecule has 6 unspecified atom stereocenters. The van der Waals surface area contributed by atoms with Crippen LogP contribution in [0.4, 0.5) is 15.1 Å². The number of aromatic nitrogens is 4. The zero-order chi connectivity index (χ0) is 25.9. The highest BCUT2D eigenvalue weighted by Crippen LogP contribution is 2.58. The van der Waals surface area contributed by atoms with Gasteiger partial charge in [0, 0.05) is 6.42 Å². The highest BCUT2D eigenvalue weighted by Gasteiger charge is 2.64. The van der Waals surface area contributed by atoms with Gasteiger partial charge in [0.15, 0.2) is 29.1 Å². The number of imidazole rings is 1. The van der Waals surface area contributed by atoms with Crippen molar-refractivity contribution in [3.8, 4) is 0 Å². The Hall–Kier alpha value is -3.36. The number of hydrogen-bond acceptors (Lipinski definition) is 12. The molecule has 196 valence electrons. The van der Waals surface area contributed by atoms with Crippen molar-refractivity contribution >= 4 is 31.1 Å². The third kappa shape index (κ3) is 4.08. The molecule has 0 aliphatic carbocycles. The standard InChI is InChI=1S/C21H21FN5O9P/c1-21-15(34-20(29)35-21)13(33-18(21)27-9-24-14-16(27)25-19(23)26-17(14)28)8-32-37(30)31-6-5-12(36-37)10-3-2-4-11(22)7-10/h2-4,7,9,12-13,15,18H,5-6,8H2,1H3,(H3,23,25,26,28). The van der Waals surface area contributed by atoms with E-state index >= 15 is 0 Å². The van der Waals surface area contributed by atoms with E-state index in [1.54, 1.807) is 13.0 Å². The van der Waals surface area contributed by atoms with Gasteiger partial charge in [-0.3, -0.25) is 27.9 Å². The van der Waals surface area contributed by atoms with Crippen LogP contribution in [0.3, 0.4) is 0 Å². The number of aromatic amines is 1. The van der Waals surface area contributed by atoms with Crippen LogP contribution in [0.5, 0.6) is 0 Å². The van der Waals surface area contributed by atoms with Gasteiger partial charge in [0.25, 0.3) is 5.56 Å². The highest BCUT2D eigenvalue weighted by atomic mass is 31.2. The van der Waals surface area contributed by atoms with Crippen molar-refractivity contribution in [2.75, 3.05) is 18.9 Å². The van der Waals surface area contributed by atoms with Crippen LogP contribution in [0.2, 0.25) is 0 Å². The summed E-state index contributed by atoms with van der Waals surface area (Å²) in [5, 5.41) is 0. The number of hydrogen-bond donors (Lipinski definition) is 2. The van der Waals surface area contributed by atoms with E-state index in [4.69, 9.17) is 33.5 Å². The second-order valence-corrected chi connectivity index (χ2v) is 10.5. The van der Waals surface area contributed by atoms with Crippen molar-refractivity contribution in [2.24, 2.45) is 0 Å². The number of phosphoric acid groups is 1. The van der Waals surface area contributed by atoms with E-state index in [0.29, 0.717) is 12.0 Å². The predicted molar refractivity (Wildman–Crippen MR) is 121 cm³/mol. The number of carbonyl (C=O) groups is 1. The molecule has 3 aliphatic rings. The Labute approximate surface area is 207 Å². The molecule has 0 spiro atoms. The molecule has 1 aromatic carbocycles. The van der Waals surface area contributed by atoms with Gasteiger partial charge < -0.3 is 19.9 Å². The van der Waals surface area contributed by atoms with Gasteiger partial charge >= 0.3 is 14.0 Å². The van der Waals surface area contributed by atoms with Crippen LogP contribution in [0, 0.1) is 5.82 Å². The summed E-state index contributed by atoms with van der Waals surface area (Å²) in [5.41, 5.74) is 4.33. The minimum atomic E-state index is -4.09. The number of fused-ring (bicyclic) bond motifs is 2. The number of phosphoric ester groups is 1. The van der Waals surface area contributed by atoms with E-state index in [1.165, 1.54) is 29.1 Å². The monoisotopic (exact) mass is 537 g/mol. The molecule has 0 saturated carbocycles. The number of carbonyl (C=O) groups excluding carboxylic acids is 1. The third-order valence-electron chi connectivity index (χ3n) is 6.43. The second kappa shape index (κ2) is 8.60. The fourth-order valence-corrected chi connectivity index (χ4v) is 6.14. The van der Waals surface area contributed by atoms with Crippen molar-refractivity contribution in [3.05, 3.63) is 52.3 Å². The van der Waals surface area contributed by atoms with Crippen LogP contribution < -0.4 is 11.3 Å². The van der Waals surface area contributed by atoms with Gasteiger partial charge in [-0.05, 0) is 24.6 Å². The van der Waals surface area contributed by atoms with E-state index in [1.807, 2.05) is 0 Å². The summed E-state index contributed by atoms with van der Waals surface area (Å²) in [6.07, 6.45) is -3.03. The van der Waals surface area contributed by atoms with Gasteiger partial charge in [0.2, 0.25) is 5.95 Å². The number of nitrogens with one attached hydrogen (secondary N) is 1. The molecule has 2 aromatic heterocycles. The molecule has 5 heterocycles. The number of nitrogen functional groups attached to an aromatic ring is 1. The van der Waals surface area contributed by atoms with Crippen LogP contribution in [0.15, 0.2) is 35.4 Å². The Balaban J connectivity index is 1.24. The van der Waals surface area contributed by atoms with Crippen molar-refractivity contribution in [3.63, 3.8) is 0 Å². The number of rotatable bonds is 5. The fourth-order valence-electron chi connectivity index (χ4n) is 4.75. The smallest absolute Gasteiger partial charge is 0.424 e. The molecule has 37 heavy (non-hydrogen) atoms. The van der Waals surface area contributed by atoms with Crippen molar-refractivity contribution in [2.45, 2.75) is 43.5 Å². The maximum absolute atomic E-state index is 13.7. The summed E-state index contributed by atoms with van der Waals surface area (Å²) >= 11 is 0. The Bertz CT molecular complexity index is 1500. The number of nitrogens with two attached hydrogens (primary N) is 1. The molecule has 6 atom stereocenters. The first kappa shape index (κ1) is 24.0. The quantitative estimate of drug-likeness (QED) is 0.359. The number of benzene rings is 1. The van der Waals surface area contributed by atoms with Crippen LogP contribution in [0.1, 0.15) is 31.2 Å². The molecular weight excluding hydrogens is 516 g/mol. The molecule has 0 bridgehead atoms. The van der Waals surface area contributed by atoms with Gasteiger partial charge in [-0.1, -0.05) is 12.1 Å². The number of anilines is 1. The van der Waals surface area contributed by atoms with Crippen molar-refractivity contribution in [1.82, 2.24) is 19.5 Å². The lowest BCUT2D eigenvalue weighted by Gasteiger charge is -2.29. The molecule has 3 aliphatic heterocycles. The number of nitrogens with zero attached hydrogens (tertiary/aromatic N) is 3. The molecule has 16 heteroatoms. The first-order chi connectivity index (χ1) is 17.6. The maximum atomic E-state index is 13.7. The molecule has 3 fully saturated rings. The zero-order valence-corrected chi connectivity index (χ0v) is 20.1. The van der Waals surface area contributed by atoms with Crippen LogP contribution >= 0.6 is 7.82 Å². The lowest BCUT2D eigenvalue weighted by atomic mass is 9.96. The van der Waals surface area contributed by atoms with Gasteiger partial charge in [-0.25, -0.2) is 18.7 Å². The highest BCUT2D eigenvalue weighted by molar-refractivity contribution is 7.48. The van der Waals surface area contributed by atoms with Crippen molar-refractivity contribution < 1.29 is 41.5 Å². The SMILES string of the molecule is CC12OC(=O)OC1C(COP1(=O)OCCC(c3cccc(F)c3)O1)OC2n1cnc2c(=O)[nH]c(N)nc21. The largest absolute Gasteiger partial charge is 0.509 e. The maximum Gasteiger partial charge on any atom is 0.509 e. The average molecular weight is 537 g/mol. The first-order valence-corrected chi connectivity index (χ1v) is 12.7. The molecule has 3 N–H and O–H groups in total. The minimum absolute atomic E-state index is 0.000255. The lowest BCUT2D eigenvalue weighted by Crippen LogP contribution is -2.42.